The Balaban J connectivity index is 1.51. The van der Waals surface area contributed by atoms with E-state index in [2.05, 4.69) is 54.5 Å². The molecule has 0 spiro atoms. The molecule has 4 heteroatoms. The second-order valence-electron chi connectivity index (χ2n) is 8.25. The second-order valence-corrected chi connectivity index (χ2v) is 8.25. The Kier molecular flexibility index (Phi) is 5.31. The van der Waals surface area contributed by atoms with Crippen LogP contribution in [0.3, 0.4) is 0 Å². The number of nitrogens with one attached hydrogen (secondary N) is 2. The third kappa shape index (κ3) is 4.14. The van der Waals surface area contributed by atoms with E-state index in [0.717, 1.165) is 39.5 Å². The highest BCUT2D eigenvalue weighted by molar-refractivity contribution is 6.09. The molecule has 4 nitrogen and oxygen atoms in total. The number of methoxy groups -OCH3 is 1. The Morgan fingerprint density at radius 3 is 2.45 bits per heavy atom. The lowest BCUT2D eigenvalue weighted by atomic mass is 9.94. The normalized spacial score (nSPS) is 13.1. The number of H-pyrrole nitrogens is 1. The average molecular weight is 389 g/mol. The quantitative estimate of drug-likeness (QED) is 0.419. The molecule has 3 aromatic carbocycles. The summed E-state index contributed by atoms with van der Waals surface area (Å²) in [5, 5.41) is 16.8. The van der Waals surface area contributed by atoms with E-state index in [0.29, 0.717) is 6.54 Å². The van der Waals surface area contributed by atoms with Gasteiger partial charge in [0, 0.05) is 33.9 Å². The molecular formula is C25H28N2O2. The van der Waals surface area contributed by atoms with Gasteiger partial charge in [0.15, 0.2) is 0 Å². The van der Waals surface area contributed by atoms with Crippen LogP contribution in [0.5, 0.6) is 5.75 Å². The number of rotatable bonds is 7. The van der Waals surface area contributed by atoms with Crippen LogP contribution in [0.2, 0.25) is 0 Å². The molecule has 0 unspecified atom stereocenters. The summed E-state index contributed by atoms with van der Waals surface area (Å²) in [7, 11) is 1.68. The van der Waals surface area contributed by atoms with Crippen LogP contribution in [0.1, 0.15) is 31.1 Å². The van der Waals surface area contributed by atoms with Crippen molar-refractivity contribution in [2.75, 3.05) is 13.7 Å². The number of aliphatic hydroxyl groups excluding tert-OH is 1. The molecule has 4 aromatic rings. The van der Waals surface area contributed by atoms with Crippen molar-refractivity contribution in [3.05, 3.63) is 77.9 Å². The van der Waals surface area contributed by atoms with Gasteiger partial charge in [0.1, 0.15) is 5.75 Å². The van der Waals surface area contributed by atoms with Crippen LogP contribution in [0.15, 0.2) is 66.7 Å². The first kappa shape index (κ1) is 19.5. The monoisotopic (exact) mass is 388 g/mol. The molecule has 0 bridgehead atoms. The first-order valence-corrected chi connectivity index (χ1v) is 10.0. The number of hydrogen-bond donors (Lipinski definition) is 3. The van der Waals surface area contributed by atoms with E-state index in [1.54, 1.807) is 7.11 Å². The molecule has 0 amide bonds. The van der Waals surface area contributed by atoms with Crippen molar-refractivity contribution in [1.29, 1.82) is 0 Å². The maximum Gasteiger partial charge on any atom is 0.118 e. The summed E-state index contributed by atoms with van der Waals surface area (Å²) in [6.07, 6.45) is 0.272. The first-order chi connectivity index (χ1) is 14.0. The Bertz CT molecular complexity index is 1110. The molecule has 3 N–H and O–H groups in total. The standard InChI is InChI=1S/C25H28N2O2/c1-25(2,15-17-11-13-18(29-3)14-12-17)26-16-23(28)20-8-6-10-22-24(20)19-7-4-5-9-21(19)27-22/h4-14,23,26-28H,15-16H2,1-3H3/t23-/m0/s1. The van der Waals surface area contributed by atoms with Gasteiger partial charge in [-0.15, -0.1) is 0 Å². The lowest BCUT2D eigenvalue weighted by Gasteiger charge is -2.28. The number of benzene rings is 3. The van der Waals surface area contributed by atoms with Gasteiger partial charge in [0.25, 0.3) is 0 Å². The van der Waals surface area contributed by atoms with E-state index >= 15 is 0 Å². The van der Waals surface area contributed by atoms with Crippen LogP contribution in [0.25, 0.3) is 21.8 Å². The third-order valence-electron chi connectivity index (χ3n) is 5.50. The molecule has 1 heterocycles. The number of para-hydroxylation sites is 1. The van der Waals surface area contributed by atoms with Crippen LogP contribution in [0.4, 0.5) is 0 Å². The first-order valence-electron chi connectivity index (χ1n) is 10.0. The number of aliphatic hydroxyl groups is 1. The van der Waals surface area contributed by atoms with Crippen molar-refractivity contribution in [1.82, 2.24) is 10.3 Å². The predicted octanol–water partition coefficient (Wildman–Crippen LogP) is 4.97. The third-order valence-corrected chi connectivity index (χ3v) is 5.50. The molecule has 0 aliphatic carbocycles. The van der Waals surface area contributed by atoms with Crippen LogP contribution >= 0.6 is 0 Å². The molecule has 1 aromatic heterocycles. The lowest BCUT2D eigenvalue weighted by molar-refractivity contribution is 0.162. The van der Waals surface area contributed by atoms with E-state index in [1.807, 2.05) is 36.4 Å². The van der Waals surface area contributed by atoms with Gasteiger partial charge in [0.05, 0.1) is 13.2 Å². The van der Waals surface area contributed by atoms with Gasteiger partial charge in [-0.25, -0.2) is 0 Å². The van der Waals surface area contributed by atoms with Crippen molar-refractivity contribution in [3.63, 3.8) is 0 Å². The number of ether oxygens (including phenoxy) is 1. The van der Waals surface area contributed by atoms with Crippen molar-refractivity contribution < 1.29 is 9.84 Å². The van der Waals surface area contributed by atoms with Gasteiger partial charge in [-0.05, 0) is 55.7 Å². The van der Waals surface area contributed by atoms with Gasteiger partial charge in [0.2, 0.25) is 0 Å². The average Bonchev–Trinajstić information content (AvgIpc) is 3.11. The summed E-state index contributed by atoms with van der Waals surface area (Å²) in [5.41, 5.74) is 4.18. The smallest absolute Gasteiger partial charge is 0.118 e. The Morgan fingerprint density at radius 1 is 0.966 bits per heavy atom. The number of hydrogen-bond acceptors (Lipinski definition) is 3. The van der Waals surface area contributed by atoms with Gasteiger partial charge in [-0.2, -0.15) is 0 Å². The van der Waals surface area contributed by atoms with E-state index in [9.17, 15) is 5.11 Å². The Hall–Kier alpha value is -2.82. The molecule has 1 atom stereocenters. The largest absolute Gasteiger partial charge is 0.497 e. The van der Waals surface area contributed by atoms with E-state index in [4.69, 9.17) is 4.74 Å². The topological polar surface area (TPSA) is 57.3 Å². The summed E-state index contributed by atoms with van der Waals surface area (Å²) >= 11 is 0. The summed E-state index contributed by atoms with van der Waals surface area (Å²) in [6, 6.07) is 22.5. The zero-order valence-electron chi connectivity index (χ0n) is 17.2. The van der Waals surface area contributed by atoms with E-state index < -0.39 is 6.10 Å². The molecule has 0 fully saturated rings. The highest BCUT2D eigenvalue weighted by Crippen LogP contribution is 2.31. The maximum absolute atomic E-state index is 11.0. The minimum Gasteiger partial charge on any atom is -0.497 e. The van der Waals surface area contributed by atoms with Crippen molar-refractivity contribution in [2.24, 2.45) is 0 Å². The van der Waals surface area contributed by atoms with Crippen molar-refractivity contribution in [2.45, 2.75) is 31.9 Å². The predicted molar refractivity (Wildman–Crippen MR) is 120 cm³/mol. The zero-order chi connectivity index (χ0) is 20.4. The molecule has 4 rings (SSSR count). The number of β-amino-alcohol motifs (C(OH)–C–C–N with tert-alkyl or cyclic N) is 1. The van der Waals surface area contributed by atoms with Crippen LogP contribution < -0.4 is 10.1 Å². The zero-order valence-corrected chi connectivity index (χ0v) is 17.2. The van der Waals surface area contributed by atoms with Crippen molar-refractivity contribution >= 4 is 21.8 Å². The van der Waals surface area contributed by atoms with Crippen LogP contribution in [0, 0.1) is 0 Å². The number of aromatic nitrogens is 1. The summed E-state index contributed by atoms with van der Waals surface area (Å²) in [4.78, 5) is 3.45. The SMILES string of the molecule is COc1ccc(CC(C)(C)NC[C@H](O)c2cccc3[nH]c4ccccc4c23)cc1. The molecule has 29 heavy (non-hydrogen) atoms. The molecule has 150 valence electrons. The fourth-order valence-corrected chi connectivity index (χ4v) is 4.01. The molecule has 0 aliphatic heterocycles. The molecule has 0 saturated carbocycles. The number of fused-ring (bicyclic) bond motifs is 3. The highest BCUT2D eigenvalue weighted by atomic mass is 16.5. The fraction of sp³-hybridized carbons (Fsp3) is 0.280. The summed E-state index contributed by atoms with van der Waals surface area (Å²) in [5.74, 6) is 0.863. The maximum atomic E-state index is 11.0. The minimum atomic E-state index is -0.590. The molecular weight excluding hydrogens is 360 g/mol. The van der Waals surface area contributed by atoms with E-state index in [1.165, 1.54) is 5.56 Å². The second kappa shape index (κ2) is 7.90. The molecule has 0 aliphatic rings. The van der Waals surface area contributed by atoms with Gasteiger partial charge in [-0.3, -0.25) is 0 Å². The minimum absolute atomic E-state index is 0.149. The van der Waals surface area contributed by atoms with Gasteiger partial charge in [-0.1, -0.05) is 42.5 Å². The highest BCUT2D eigenvalue weighted by Gasteiger charge is 2.21. The van der Waals surface area contributed by atoms with Crippen molar-refractivity contribution in [3.8, 4) is 5.75 Å². The molecule has 0 radical (unpaired) electrons. The number of aromatic amines is 1. The summed E-state index contributed by atoms with van der Waals surface area (Å²) in [6.45, 7) is 4.81. The fourth-order valence-electron chi connectivity index (χ4n) is 4.01. The van der Waals surface area contributed by atoms with Crippen LogP contribution in [-0.2, 0) is 6.42 Å². The lowest BCUT2D eigenvalue weighted by Crippen LogP contribution is -2.43. The Morgan fingerprint density at radius 2 is 1.69 bits per heavy atom. The Labute approximate surface area is 171 Å². The van der Waals surface area contributed by atoms with Gasteiger partial charge < -0.3 is 20.1 Å². The summed E-state index contributed by atoms with van der Waals surface area (Å²) < 4.78 is 5.23. The van der Waals surface area contributed by atoms with Crippen LogP contribution in [-0.4, -0.2) is 29.3 Å². The van der Waals surface area contributed by atoms with Gasteiger partial charge >= 0.3 is 0 Å². The molecule has 0 saturated heterocycles. The van der Waals surface area contributed by atoms with E-state index in [-0.39, 0.29) is 5.54 Å².